The fourth-order valence-corrected chi connectivity index (χ4v) is 1.86. The minimum Gasteiger partial charge on any atom is -0.497 e. The number of rotatable bonds is 6. The van der Waals surface area contributed by atoms with Crippen LogP contribution in [0.1, 0.15) is 18.9 Å². The van der Waals surface area contributed by atoms with Crippen LogP contribution in [0.25, 0.3) is 0 Å². The summed E-state index contributed by atoms with van der Waals surface area (Å²) in [6.45, 7) is 2.96. The third-order valence-corrected chi connectivity index (χ3v) is 3.08. The van der Waals surface area contributed by atoms with Crippen molar-refractivity contribution in [2.75, 3.05) is 13.7 Å². The molecule has 0 aromatic heterocycles. The van der Waals surface area contributed by atoms with Crippen molar-refractivity contribution in [2.45, 2.75) is 25.6 Å². The number of hydrogen-bond acceptors (Lipinski definition) is 4. The number of carbonyl (C=O) groups is 1. The Morgan fingerprint density at radius 3 is 2.58 bits per heavy atom. The zero-order valence-electron chi connectivity index (χ0n) is 11.2. The molecule has 0 spiro atoms. The van der Waals surface area contributed by atoms with Crippen molar-refractivity contribution in [2.24, 2.45) is 0 Å². The number of ether oxygens (including phenoxy) is 3. The average molecular weight is 262 g/mol. The molecule has 0 saturated carbocycles. The van der Waals surface area contributed by atoms with Crippen molar-refractivity contribution < 1.29 is 19.0 Å². The number of carbonyl (C=O) groups excluding carboxylic acids is 1. The molecular weight excluding hydrogens is 244 g/mol. The van der Waals surface area contributed by atoms with Gasteiger partial charge in [-0.05, 0) is 30.7 Å². The molecule has 1 aromatic carbocycles. The van der Waals surface area contributed by atoms with Gasteiger partial charge in [-0.25, -0.2) is 4.79 Å². The highest BCUT2D eigenvalue weighted by Crippen LogP contribution is 2.23. The minimum atomic E-state index is -0.517. The van der Waals surface area contributed by atoms with Gasteiger partial charge in [-0.15, -0.1) is 0 Å². The van der Waals surface area contributed by atoms with Crippen LogP contribution in [-0.4, -0.2) is 25.3 Å². The van der Waals surface area contributed by atoms with E-state index in [1.54, 1.807) is 13.2 Å². The van der Waals surface area contributed by atoms with Crippen molar-refractivity contribution in [1.29, 1.82) is 0 Å². The molecule has 1 aliphatic heterocycles. The number of esters is 1. The predicted octanol–water partition coefficient (Wildman–Crippen LogP) is 2.47. The van der Waals surface area contributed by atoms with Crippen LogP contribution in [0.2, 0.25) is 0 Å². The number of benzene rings is 1. The first-order chi connectivity index (χ1) is 9.11. The Labute approximate surface area is 113 Å². The van der Waals surface area contributed by atoms with Gasteiger partial charge in [0.05, 0.1) is 20.3 Å². The lowest BCUT2D eigenvalue weighted by molar-refractivity contribution is -0.145. The summed E-state index contributed by atoms with van der Waals surface area (Å²) < 4.78 is 15.9. The topological polar surface area (TPSA) is 44.8 Å². The van der Waals surface area contributed by atoms with Gasteiger partial charge in [0.1, 0.15) is 11.4 Å². The molecule has 1 atom stereocenters. The molecule has 0 N–H and O–H groups in total. The minimum absolute atomic E-state index is 0.280. The average Bonchev–Trinajstić information content (AvgIpc) is 2.76. The standard InChI is InChI=1S/C15H18O4/c1-15(8-7-14(16)19-15)9-10-18-11-12-3-5-13(17-2)6-4-12/h3-8H,9-11H2,1-2H3/t15-/m0/s1. The molecule has 4 nitrogen and oxygen atoms in total. The Kier molecular flexibility index (Phi) is 4.22. The van der Waals surface area contributed by atoms with Gasteiger partial charge in [0.15, 0.2) is 0 Å². The zero-order chi connectivity index (χ0) is 13.7. The Morgan fingerprint density at radius 1 is 1.26 bits per heavy atom. The van der Waals surface area contributed by atoms with E-state index in [1.807, 2.05) is 31.2 Å². The fourth-order valence-electron chi connectivity index (χ4n) is 1.86. The van der Waals surface area contributed by atoms with E-state index in [1.165, 1.54) is 6.08 Å². The highest BCUT2D eigenvalue weighted by molar-refractivity contribution is 5.85. The maximum absolute atomic E-state index is 11.0. The highest BCUT2D eigenvalue weighted by atomic mass is 16.6. The van der Waals surface area contributed by atoms with Crippen molar-refractivity contribution >= 4 is 5.97 Å². The summed E-state index contributed by atoms with van der Waals surface area (Å²) in [4.78, 5) is 11.0. The van der Waals surface area contributed by atoms with E-state index >= 15 is 0 Å². The summed E-state index contributed by atoms with van der Waals surface area (Å²) in [5.41, 5.74) is 0.571. The second-order valence-electron chi connectivity index (χ2n) is 4.72. The third kappa shape index (κ3) is 3.83. The smallest absolute Gasteiger partial charge is 0.331 e. The highest BCUT2D eigenvalue weighted by Gasteiger charge is 2.29. The molecule has 1 aromatic rings. The van der Waals surface area contributed by atoms with Crippen molar-refractivity contribution in [3.05, 3.63) is 42.0 Å². The van der Waals surface area contributed by atoms with E-state index in [9.17, 15) is 4.79 Å². The Morgan fingerprint density at radius 2 is 2.00 bits per heavy atom. The second-order valence-corrected chi connectivity index (χ2v) is 4.72. The van der Waals surface area contributed by atoms with Gasteiger partial charge < -0.3 is 14.2 Å². The lowest BCUT2D eigenvalue weighted by Gasteiger charge is -2.21. The molecule has 0 aliphatic carbocycles. The van der Waals surface area contributed by atoms with Crippen LogP contribution in [0.5, 0.6) is 5.75 Å². The van der Waals surface area contributed by atoms with Crippen LogP contribution in [0, 0.1) is 0 Å². The summed E-state index contributed by atoms with van der Waals surface area (Å²) in [5, 5.41) is 0. The molecule has 0 amide bonds. The van der Waals surface area contributed by atoms with E-state index in [4.69, 9.17) is 14.2 Å². The van der Waals surface area contributed by atoms with Crippen molar-refractivity contribution in [3.63, 3.8) is 0 Å². The first kappa shape index (κ1) is 13.6. The Bertz CT molecular complexity index is 464. The first-order valence-corrected chi connectivity index (χ1v) is 6.24. The van der Waals surface area contributed by atoms with Crippen LogP contribution >= 0.6 is 0 Å². The van der Waals surface area contributed by atoms with E-state index in [0.717, 1.165) is 11.3 Å². The monoisotopic (exact) mass is 262 g/mol. The van der Waals surface area contributed by atoms with Crippen LogP contribution < -0.4 is 4.74 Å². The zero-order valence-corrected chi connectivity index (χ0v) is 11.2. The van der Waals surface area contributed by atoms with E-state index < -0.39 is 5.60 Å². The van der Waals surface area contributed by atoms with Gasteiger partial charge in [-0.2, -0.15) is 0 Å². The van der Waals surface area contributed by atoms with Gasteiger partial charge in [-0.1, -0.05) is 12.1 Å². The van der Waals surface area contributed by atoms with Crippen LogP contribution in [0.15, 0.2) is 36.4 Å². The third-order valence-electron chi connectivity index (χ3n) is 3.08. The first-order valence-electron chi connectivity index (χ1n) is 6.24. The van der Waals surface area contributed by atoms with E-state index in [-0.39, 0.29) is 5.97 Å². The van der Waals surface area contributed by atoms with E-state index in [0.29, 0.717) is 19.6 Å². The molecule has 1 aliphatic rings. The van der Waals surface area contributed by atoms with Gasteiger partial charge in [-0.3, -0.25) is 0 Å². The van der Waals surface area contributed by atoms with Gasteiger partial charge in [0.2, 0.25) is 0 Å². The summed E-state index contributed by atoms with van der Waals surface area (Å²) in [6.07, 6.45) is 3.90. The quantitative estimate of drug-likeness (QED) is 0.583. The number of cyclic esters (lactones) is 1. The molecule has 4 heteroatoms. The maximum atomic E-state index is 11.0. The predicted molar refractivity (Wildman–Crippen MR) is 70.9 cm³/mol. The molecule has 1 heterocycles. The van der Waals surface area contributed by atoms with Crippen molar-refractivity contribution in [1.82, 2.24) is 0 Å². The maximum Gasteiger partial charge on any atom is 0.331 e. The number of hydrogen-bond donors (Lipinski definition) is 0. The van der Waals surface area contributed by atoms with Crippen LogP contribution in [-0.2, 0) is 20.9 Å². The molecular formula is C15H18O4. The molecule has 0 fully saturated rings. The summed E-state index contributed by atoms with van der Waals surface area (Å²) in [6, 6.07) is 7.75. The molecule has 19 heavy (non-hydrogen) atoms. The molecule has 2 rings (SSSR count). The van der Waals surface area contributed by atoms with Gasteiger partial charge in [0, 0.05) is 12.5 Å². The van der Waals surface area contributed by atoms with Crippen LogP contribution in [0.3, 0.4) is 0 Å². The normalized spacial score (nSPS) is 21.5. The molecule has 0 unspecified atom stereocenters. The Hall–Kier alpha value is -1.81. The second kappa shape index (κ2) is 5.89. The van der Waals surface area contributed by atoms with Gasteiger partial charge >= 0.3 is 5.97 Å². The Balaban J connectivity index is 1.72. The molecule has 0 bridgehead atoms. The lowest BCUT2D eigenvalue weighted by atomic mass is 10.0. The fraction of sp³-hybridized carbons (Fsp3) is 0.400. The molecule has 102 valence electrons. The molecule has 0 saturated heterocycles. The largest absolute Gasteiger partial charge is 0.497 e. The summed E-state index contributed by atoms with van der Waals surface area (Å²) in [7, 11) is 1.64. The number of methoxy groups -OCH3 is 1. The van der Waals surface area contributed by atoms with Gasteiger partial charge in [0.25, 0.3) is 0 Å². The SMILES string of the molecule is COc1ccc(COCC[C@]2(C)C=CC(=O)O2)cc1. The van der Waals surface area contributed by atoms with Crippen molar-refractivity contribution in [3.8, 4) is 5.75 Å². The van der Waals surface area contributed by atoms with E-state index in [2.05, 4.69) is 0 Å². The summed E-state index contributed by atoms with van der Waals surface area (Å²) >= 11 is 0. The lowest BCUT2D eigenvalue weighted by Crippen LogP contribution is -2.25. The summed E-state index contributed by atoms with van der Waals surface area (Å²) in [5.74, 6) is 0.553. The van der Waals surface area contributed by atoms with Crippen LogP contribution in [0.4, 0.5) is 0 Å². The molecule has 0 radical (unpaired) electrons.